The van der Waals surface area contributed by atoms with Gasteiger partial charge in [-0.3, -0.25) is 4.57 Å². The first-order valence-electron chi connectivity index (χ1n) is 7.62. The van der Waals surface area contributed by atoms with Crippen molar-refractivity contribution < 1.29 is 13.2 Å². The highest BCUT2D eigenvalue weighted by molar-refractivity contribution is 7.91. The maximum absolute atomic E-state index is 12.4. The molecular formula is C17H19N3O3S. The molecule has 0 unspecified atom stereocenters. The van der Waals surface area contributed by atoms with Crippen molar-refractivity contribution in [2.45, 2.75) is 25.5 Å². The molecule has 2 aromatic heterocycles. The Kier molecular flexibility index (Phi) is 4.38. The molecule has 0 fully saturated rings. The molecule has 6 nitrogen and oxygen atoms in total. The van der Waals surface area contributed by atoms with Gasteiger partial charge in [0, 0.05) is 18.9 Å². The van der Waals surface area contributed by atoms with E-state index in [0.29, 0.717) is 22.6 Å². The molecule has 126 valence electrons. The van der Waals surface area contributed by atoms with Gasteiger partial charge in [0.05, 0.1) is 10.6 Å². The van der Waals surface area contributed by atoms with Crippen LogP contribution < -0.4 is 0 Å². The summed E-state index contributed by atoms with van der Waals surface area (Å²) in [5.74, 6) is 0.573. The van der Waals surface area contributed by atoms with Crippen molar-refractivity contribution in [2.24, 2.45) is 0 Å². The van der Waals surface area contributed by atoms with Crippen molar-refractivity contribution in [3.05, 3.63) is 42.1 Å². The number of rotatable bonds is 5. The molecule has 2 heterocycles. The number of pyridine rings is 1. The predicted octanol–water partition coefficient (Wildman–Crippen LogP) is 2.80. The van der Waals surface area contributed by atoms with E-state index in [1.807, 2.05) is 13.0 Å². The Morgan fingerprint density at radius 3 is 2.71 bits per heavy atom. The van der Waals surface area contributed by atoms with E-state index in [-0.39, 0.29) is 17.4 Å². The Morgan fingerprint density at radius 2 is 2.00 bits per heavy atom. The maximum Gasteiger partial charge on any atom is 0.178 e. The Morgan fingerprint density at radius 1 is 1.25 bits per heavy atom. The van der Waals surface area contributed by atoms with E-state index in [9.17, 15) is 8.42 Å². The number of imidazole rings is 1. The number of benzene rings is 1. The van der Waals surface area contributed by atoms with Crippen LogP contribution in [0.15, 0.2) is 41.4 Å². The van der Waals surface area contributed by atoms with E-state index in [4.69, 9.17) is 4.74 Å². The number of nitrogens with zero attached hydrogens (tertiary/aromatic N) is 3. The summed E-state index contributed by atoms with van der Waals surface area (Å²) < 4.78 is 32.0. The molecule has 0 aliphatic carbocycles. The van der Waals surface area contributed by atoms with Crippen LogP contribution in [0.2, 0.25) is 0 Å². The minimum Gasteiger partial charge on any atom is -0.364 e. The van der Waals surface area contributed by atoms with Gasteiger partial charge in [-0.05, 0) is 30.7 Å². The van der Waals surface area contributed by atoms with Crippen LogP contribution >= 0.6 is 0 Å². The quantitative estimate of drug-likeness (QED) is 0.711. The lowest BCUT2D eigenvalue weighted by atomic mass is 10.2. The van der Waals surface area contributed by atoms with Crippen LogP contribution in [0.3, 0.4) is 0 Å². The van der Waals surface area contributed by atoms with Crippen molar-refractivity contribution in [2.75, 3.05) is 12.9 Å². The first-order chi connectivity index (χ1) is 11.5. The molecule has 0 amide bonds. The Balaban J connectivity index is 2.33. The molecule has 3 aromatic rings. The number of sulfone groups is 1. The fourth-order valence-electron chi connectivity index (χ4n) is 2.65. The third-order valence-electron chi connectivity index (χ3n) is 3.82. The van der Waals surface area contributed by atoms with E-state index in [1.165, 1.54) is 0 Å². The topological polar surface area (TPSA) is 74.1 Å². The van der Waals surface area contributed by atoms with Crippen molar-refractivity contribution in [3.8, 4) is 11.4 Å². The van der Waals surface area contributed by atoms with Crippen LogP contribution in [0.4, 0.5) is 0 Å². The van der Waals surface area contributed by atoms with Gasteiger partial charge in [-0.2, -0.15) is 0 Å². The molecule has 0 radical (unpaired) electrons. The van der Waals surface area contributed by atoms with Crippen molar-refractivity contribution in [1.82, 2.24) is 14.5 Å². The average molecular weight is 345 g/mol. The number of methoxy groups -OCH3 is 1. The highest BCUT2D eigenvalue weighted by Crippen LogP contribution is 2.30. The minimum absolute atomic E-state index is 0.0336. The lowest BCUT2D eigenvalue weighted by molar-refractivity contribution is 0.135. The second-order valence-electron chi connectivity index (χ2n) is 5.54. The normalized spacial score (nSPS) is 12.0. The summed E-state index contributed by atoms with van der Waals surface area (Å²) in [5.41, 5.74) is 2.93. The van der Waals surface area contributed by atoms with Gasteiger partial charge in [0.25, 0.3) is 0 Å². The predicted molar refractivity (Wildman–Crippen MR) is 92.4 cm³/mol. The molecule has 0 aliphatic heterocycles. The van der Waals surface area contributed by atoms with Gasteiger partial charge in [0.1, 0.15) is 18.1 Å². The number of hydrogen-bond acceptors (Lipinski definition) is 5. The zero-order valence-corrected chi connectivity index (χ0v) is 14.7. The second kappa shape index (κ2) is 6.33. The molecule has 0 spiro atoms. The summed E-state index contributed by atoms with van der Waals surface area (Å²) in [5, 5.41) is 0. The number of ether oxygens (including phenoxy) is 1. The van der Waals surface area contributed by atoms with E-state index < -0.39 is 9.84 Å². The number of hydrogen-bond donors (Lipinski definition) is 0. The largest absolute Gasteiger partial charge is 0.364 e. The summed E-state index contributed by atoms with van der Waals surface area (Å²) in [7, 11) is -1.79. The third-order valence-corrected chi connectivity index (χ3v) is 5.61. The fourth-order valence-corrected chi connectivity index (χ4v) is 3.74. The standard InChI is InChI=1S/C17H19N3O3S/c1-4-24(21,22)15-8-6-5-7-13(15)16-19-14-9-12(2)10-18-17(14)20(16)11-23-3/h5-10H,4,11H2,1-3H3. The van der Waals surface area contributed by atoms with E-state index >= 15 is 0 Å². The zero-order valence-electron chi connectivity index (χ0n) is 13.9. The molecule has 1 aromatic carbocycles. The first-order valence-corrected chi connectivity index (χ1v) is 9.27. The summed E-state index contributed by atoms with van der Waals surface area (Å²) in [6.07, 6.45) is 1.76. The third kappa shape index (κ3) is 2.81. The SMILES string of the molecule is CCS(=O)(=O)c1ccccc1-c1nc2cc(C)cnc2n1COC. The van der Waals surface area contributed by atoms with Gasteiger partial charge in [-0.25, -0.2) is 18.4 Å². The van der Waals surface area contributed by atoms with E-state index in [1.54, 1.807) is 49.1 Å². The molecule has 0 aliphatic rings. The Bertz CT molecular complexity index is 993. The van der Waals surface area contributed by atoms with E-state index in [2.05, 4.69) is 9.97 Å². The fraction of sp³-hybridized carbons (Fsp3) is 0.294. The summed E-state index contributed by atoms with van der Waals surface area (Å²) in [6.45, 7) is 3.81. The monoisotopic (exact) mass is 345 g/mol. The van der Waals surface area contributed by atoms with Gasteiger partial charge in [-0.1, -0.05) is 19.1 Å². The molecule has 0 atom stereocenters. The average Bonchev–Trinajstić information content (AvgIpc) is 2.93. The molecular weight excluding hydrogens is 326 g/mol. The van der Waals surface area contributed by atoms with E-state index in [0.717, 1.165) is 5.56 Å². The minimum atomic E-state index is -3.37. The number of fused-ring (bicyclic) bond motifs is 1. The lowest BCUT2D eigenvalue weighted by Crippen LogP contribution is -2.09. The Hall–Kier alpha value is -2.25. The van der Waals surface area contributed by atoms with Gasteiger partial charge in [0.15, 0.2) is 15.5 Å². The highest BCUT2D eigenvalue weighted by atomic mass is 32.2. The molecule has 0 N–H and O–H groups in total. The van der Waals surface area contributed by atoms with Crippen LogP contribution in [-0.2, 0) is 21.3 Å². The molecule has 0 bridgehead atoms. The smallest absolute Gasteiger partial charge is 0.178 e. The van der Waals surface area contributed by atoms with Crippen molar-refractivity contribution in [1.29, 1.82) is 0 Å². The Labute approximate surface area is 141 Å². The van der Waals surface area contributed by atoms with Crippen molar-refractivity contribution >= 4 is 21.0 Å². The van der Waals surface area contributed by atoms with Gasteiger partial charge in [-0.15, -0.1) is 0 Å². The highest BCUT2D eigenvalue weighted by Gasteiger charge is 2.22. The van der Waals surface area contributed by atoms with Gasteiger partial charge < -0.3 is 4.74 Å². The molecule has 3 rings (SSSR count). The molecule has 7 heteroatoms. The lowest BCUT2D eigenvalue weighted by Gasteiger charge is -2.11. The number of aryl methyl sites for hydroxylation is 1. The van der Waals surface area contributed by atoms with Crippen LogP contribution in [0.25, 0.3) is 22.6 Å². The summed E-state index contributed by atoms with van der Waals surface area (Å²) in [6, 6.07) is 8.83. The van der Waals surface area contributed by atoms with Gasteiger partial charge >= 0.3 is 0 Å². The second-order valence-corrected chi connectivity index (χ2v) is 7.78. The molecule has 24 heavy (non-hydrogen) atoms. The molecule has 0 saturated carbocycles. The van der Waals surface area contributed by atoms with Crippen LogP contribution in [-0.4, -0.2) is 35.8 Å². The summed E-state index contributed by atoms with van der Waals surface area (Å²) >= 11 is 0. The number of aromatic nitrogens is 3. The summed E-state index contributed by atoms with van der Waals surface area (Å²) in [4.78, 5) is 9.33. The maximum atomic E-state index is 12.4. The first kappa shape index (κ1) is 16.6. The van der Waals surface area contributed by atoms with Gasteiger partial charge in [0.2, 0.25) is 0 Å². The van der Waals surface area contributed by atoms with Crippen LogP contribution in [0, 0.1) is 6.92 Å². The zero-order chi connectivity index (χ0) is 17.3. The van der Waals surface area contributed by atoms with Crippen LogP contribution in [0.5, 0.6) is 0 Å². The van der Waals surface area contributed by atoms with Crippen LogP contribution in [0.1, 0.15) is 12.5 Å². The molecule has 0 saturated heterocycles. The van der Waals surface area contributed by atoms with Crippen molar-refractivity contribution in [3.63, 3.8) is 0 Å².